The maximum Gasteiger partial charge on any atom is 0.258 e. The first-order valence-electron chi connectivity index (χ1n) is 6.88. The number of ether oxygens (including phenoxy) is 1. The van der Waals surface area contributed by atoms with Crippen LogP contribution in [0.25, 0.3) is 0 Å². The van der Waals surface area contributed by atoms with Gasteiger partial charge in [-0.15, -0.1) is 0 Å². The Morgan fingerprint density at radius 3 is 2.15 bits per heavy atom. The van der Waals surface area contributed by atoms with E-state index in [9.17, 15) is 4.79 Å². The Labute approximate surface area is 121 Å². The lowest BCUT2D eigenvalue weighted by atomic mass is 9.87. The molecule has 0 atom stereocenters. The molecule has 1 aromatic carbocycles. The van der Waals surface area contributed by atoms with Gasteiger partial charge in [0.2, 0.25) is 0 Å². The SMILES string of the molecule is CC(C)(CN)NC(=O)COc1ccc(C(C)(C)C)cc1. The zero-order valence-corrected chi connectivity index (χ0v) is 13.1. The molecule has 3 N–H and O–H groups in total. The van der Waals surface area contributed by atoms with E-state index in [0.717, 1.165) is 0 Å². The Morgan fingerprint density at radius 2 is 1.70 bits per heavy atom. The number of rotatable bonds is 5. The molecule has 0 bridgehead atoms. The van der Waals surface area contributed by atoms with Crippen molar-refractivity contribution in [3.05, 3.63) is 29.8 Å². The maximum atomic E-state index is 11.7. The fourth-order valence-electron chi connectivity index (χ4n) is 1.66. The number of benzene rings is 1. The third-order valence-electron chi connectivity index (χ3n) is 3.08. The van der Waals surface area contributed by atoms with Crippen LogP contribution in [0.1, 0.15) is 40.2 Å². The summed E-state index contributed by atoms with van der Waals surface area (Å²) in [4.78, 5) is 11.7. The summed E-state index contributed by atoms with van der Waals surface area (Å²) in [6.45, 7) is 10.6. The van der Waals surface area contributed by atoms with Gasteiger partial charge in [-0.1, -0.05) is 32.9 Å². The Balaban J connectivity index is 2.52. The second kappa shape index (κ2) is 6.27. The summed E-state index contributed by atoms with van der Waals surface area (Å²) in [6.07, 6.45) is 0. The van der Waals surface area contributed by atoms with Crippen molar-refractivity contribution in [1.82, 2.24) is 5.32 Å². The molecule has 1 rings (SSSR count). The van der Waals surface area contributed by atoms with Crippen LogP contribution >= 0.6 is 0 Å². The van der Waals surface area contributed by atoms with Crippen LogP contribution in [0.4, 0.5) is 0 Å². The van der Waals surface area contributed by atoms with E-state index in [0.29, 0.717) is 12.3 Å². The highest BCUT2D eigenvalue weighted by Crippen LogP contribution is 2.24. The van der Waals surface area contributed by atoms with Crippen molar-refractivity contribution in [2.24, 2.45) is 5.73 Å². The van der Waals surface area contributed by atoms with Crippen molar-refractivity contribution in [3.63, 3.8) is 0 Å². The lowest BCUT2D eigenvalue weighted by Crippen LogP contribution is -2.50. The summed E-state index contributed by atoms with van der Waals surface area (Å²) in [5.41, 5.74) is 6.50. The molecule has 0 aliphatic heterocycles. The Hall–Kier alpha value is -1.55. The van der Waals surface area contributed by atoms with E-state index in [1.54, 1.807) is 0 Å². The molecular weight excluding hydrogens is 252 g/mol. The van der Waals surface area contributed by atoms with Crippen LogP contribution in [-0.2, 0) is 10.2 Å². The molecule has 0 unspecified atom stereocenters. The molecule has 0 saturated heterocycles. The third-order valence-corrected chi connectivity index (χ3v) is 3.08. The second-order valence-electron chi connectivity index (χ2n) is 6.70. The fourth-order valence-corrected chi connectivity index (χ4v) is 1.66. The molecule has 0 saturated carbocycles. The Kier molecular flexibility index (Phi) is 5.17. The van der Waals surface area contributed by atoms with Crippen molar-refractivity contribution in [2.75, 3.05) is 13.2 Å². The number of nitrogens with two attached hydrogens (primary N) is 1. The molecule has 1 amide bonds. The van der Waals surface area contributed by atoms with Crippen LogP contribution in [0, 0.1) is 0 Å². The summed E-state index contributed by atoms with van der Waals surface area (Å²) < 4.78 is 5.47. The quantitative estimate of drug-likeness (QED) is 0.868. The van der Waals surface area contributed by atoms with Crippen molar-refractivity contribution in [1.29, 1.82) is 0 Å². The zero-order valence-electron chi connectivity index (χ0n) is 13.1. The highest BCUT2D eigenvalue weighted by Gasteiger charge is 2.18. The molecule has 20 heavy (non-hydrogen) atoms. The number of hydrogen-bond acceptors (Lipinski definition) is 3. The van der Waals surface area contributed by atoms with Crippen LogP contribution in [0.2, 0.25) is 0 Å². The normalized spacial score (nSPS) is 12.1. The minimum Gasteiger partial charge on any atom is -0.484 e. The minimum absolute atomic E-state index is 0.00169. The predicted molar refractivity (Wildman–Crippen MR) is 81.9 cm³/mol. The van der Waals surface area contributed by atoms with E-state index >= 15 is 0 Å². The summed E-state index contributed by atoms with van der Waals surface area (Å²) in [7, 11) is 0. The standard InChI is InChI=1S/C16H26N2O2/c1-15(2,3)12-6-8-13(9-7-12)20-10-14(19)18-16(4,5)11-17/h6-9H,10-11,17H2,1-5H3,(H,18,19). The molecule has 0 aromatic heterocycles. The van der Waals surface area contributed by atoms with E-state index in [2.05, 4.69) is 26.1 Å². The number of hydrogen-bond donors (Lipinski definition) is 2. The minimum atomic E-state index is -0.406. The van der Waals surface area contributed by atoms with Crippen LogP contribution in [-0.4, -0.2) is 24.6 Å². The summed E-state index contributed by atoms with van der Waals surface area (Å²) in [5.74, 6) is 0.527. The van der Waals surface area contributed by atoms with Gasteiger partial charge < -0.3 is 15.8 Å². The molecule has 0 aliphatic rings. The van der Waals surface area contributed by atoms with Gasteiger partial charge in [0.1, 0.15) is 5.75 Å². The molecule has 0 heterocycles. The zero-order chi connectivity index (χ0) is 15.4. The average Bonchev–Trinajstić information content (AvgIpc) is 2.35. The first kappa shape index (κ1) is 16.5. The van der Waals surface area contributed by atoms with Crippen LogP contribution < -0.4 is 15.8 Å². The fraction of sp³-hybridized carbons (Fsp3) is 0.562. The molecule has 4 heteroatoms. The van der Waals surface area contributed by atoms with Crippen molar-refractivity contribution >= 4 is 5.91 Å². The third kappa shape index (κ3) is 5.21. The molecule has 0 fully saturated rings. The highest BCUT2D eigenvalue weighted by molar-refractivity contribution is 5.78. The van der Waals surface area contributed by atoms with Gasteiger partial charge in [0.05, 0.1) is 0 Å². The van der Waals surface area contributed by atoms with E-state index < -0.39 is 5.54 Å². The lowest BCUT2D eigenvalue weighted by molar-refractivity contribution is -0.124. The second-order valence-corrected chi connectivity index (χ2v) is 6.70. The summed E-state index contributed by atoms with van der Waals surface area (Å²) in [5, 5.41) is 2.82. The lowest BCUT2D eigenvalue weighted by Gasteiger charge is -2.24. The summed E-state index contributed by atoms with van der Waals surface area (Å²) >= 11 is 0. The molecule has 1 aromatic rings. The van der Waals surface area contributed by atoms with Crippen LogP contribution in [0.5, 0.6) is 5.75 Å². The first-order valence-corrected chi connectivity index (χ1v) is 6.88. The number of carbonyl (C=O) groups excluding carboxylic acids is 1. The maximum absolute atomic E-state index is 11.7. The van der Waals surface area contributed by atoms with Gasteiger partial charge >= 0.3 is 0 Å². The van der Waals surface area contributed by atoms with Gasteiger partial charge in [-0.3, -0.25) is 4.79 Å². The van der Waals surface area contributed by atoms with Crippen molar-refractivity contribution in [3.8, 4) is 5.75 Å². The molecule has 4 nitrogen and oxygen atoms in total. The van der Waals surface area contributed by atoms with E-state index in [1.165, 1.54) is 5.56 Å². The summed E-state index contributed by atoms with van der Waals surface area (Å²) in [6, 6.07) is 7.83. The molecule has 0 spiro atoms. The van der Waals surface area contributed by atoms with Crippen molar-refractivity contribution < 1.29 is 9.53 Å². The van der Waals surface area contributed by atoms with Gasteiger partial charge in [-0.25, -0.2) is 0 Å². The topological polar surface area (TPSA) is 64.3 Å². The van der Waals surface area contributed by atoms with E-state index in [-0.39, 0.29) is 17.9 Å². The van der Waals surface area contributed by atoms with E-state index in [1.807, 2.05) is 38.1 Å². The smallest absolute Gasteiger partial charge is 0.258 e. The number of nitrogens with one attached hydrogen (secondary N) is 1. The van der Waals surface area contributed by atoms with Gasteiger partial charge in [-0.05, 0) is 37.0 Å². The van der Waals surface area contributed by atoms with Gasteiger partial charge in [-0.2, -0.15) is 0 Å². The molecule has 112 valence electrons. The van der Waals surface area contributed by atoms with Crippen molar-refractivity contribution in [2.45, 2.75) is 45.6 Å². The average molecular weight is 278 g/mol. The number of carbonyl (C=O) groups is 1. The van der Waals surface area contributed by atoms with Gasteiger partial charge in [0, 0.05) is 12.1 Å². The largest absolute Gasteiger partial charge is 0.484 e. The van der Waals surface area contributed by atoms with Gasteiger partial charge in [0.15, 0.2) is 6.61 Å². The number of amides is 1. The van der Waals surface area contributed by atoms with Crippen LogP contribution in [0.15, 0.2) is 24.3 Å². The first-order chi connectivity index (χ1) is 9.14. The Bertz CT molecular complexity index is 445. The van der Waals surface area contributed by atoms with E-state index in [4.69, 9.17) is 10.5 Å². The highest BCUT2D eigenvalue weighted by atomic mass is 16.5. The van der Waals surface area contributed by atoms with Gasteiger partial charge in [0.25, 0.3) is 5.91 Å². The molecule has 0 radical (unpaired) electrons. The van der Waals surface area contributed by atoms with Crippen LogP contribution in [0.3, 0.4) is 0 Å². The monoisotopic (exact) mass is 278 g/mol. The molecule has 0 aliphatic carbocycles. The predicted octanol–water partition coefficient (Wildman–Crippen LogP) is 2.22. The Morgan fingerprint density at radius 1 is 1.15 bits per heavy atom. The molecular formula is C16H26N2O2.